The lowest BCUT2D eigenvalue weighted by Gasteiger charge is -2.22. The van der Waals surface area contributed by atoms with Crippen LogP contribution in [-0.4, -0.2) is 53.4 Å². The molecule has 1 aromatic carbocycles. The summed E-state index contributed by atoms with van der Waals surface area (Å²) in [5.74, 6) is 0.853. The Balaban J connectivity index is 1.65. The zero-order valence-electron chi connectivity index (χ0n) is 13.5. The lowest BCUT2D eigenvalue weighted by molar-refractivity contribution is -0.385. The molecule has 2 fully saturated rings. The van der Waals surface area contributed by atoms with Crippen molar-refractivity contribution in [2.75, 3.05) is 32.7 Å². The molecule has 0 N–H and O–H groups in total. The van der Waals surface area contributed by atoms with Crippen molar-refractivity contribution in [3.63, 3.8) is 0 Å². The monoisotopic (exact) mass is 317 g/mol. The molecule has 6 nitrogen and oxygen atoms in total. The molecule has 1 saturated carbocycles. The summed E-state index contributed by atoms with van der Waals surface area (Å²) < 4.78 is 0. The smallest absolute Gasteiger partial charge is 0.272 e. The summed E-state index contributed by atoms with van der Waals surface area (Å²) in [7, 11) is 0. The molecule has 0 atom stereocenters. The molecule has 1 saturated heterocycles. The van der Waals surface area contributed by atoms with Gasteiger partial charge in [0, 0.05) is 43.4 Å². The van der Waals surface area contributed by atoms with E-state index < -0.39 is 4.92 Å². The van der Waals surface area contributed by atoms with Crippen LogP contribution in [0.25, 0.3) is 0 Å². The van der Waals surface area contributed by atoms with Gasteiger partial charge < -0.3 is 9.80 Å². The van der Waals surface area contributed by atoms with Crippen molar-refractivity contribution in [2.24, 2.45) is 5.92 Å². The van der Waals surface area contributed by atoms with Gasteiger partial charge in [-0.05, 0) is 50.8 Å². The standard InChI is InChI=1S/C17H23N3O3/c1-13-11-15(5-6-16(13)20(22)23)17(21)19-8-2-7-18(9-10-19)12-14-3-4-14/h5-6,11,14H,2-4,7-10,12H2,1H3. The summed E-state index contributed by atoms with van der Waals surface area (Å²) in [5.41, 5.74) is 1.14. The fourth-order valence-corrected chi connectivity index (χ4v) is 3.20. The first kappa shape index (κ1) is 15.9. The van der Waals surface area contributed by atoms with E-state index in [0.717, 1.165) is 38.5 Å². The Bertz CT molecular complexity index is 613. The second-order valence-corrected chi connectivity index (χ2v) is 6.65. The number of hydrogen-bond acceptors (Lipinski definition) is 4. The van der Waals surface area contributed by atoms with E-state index >= 15 is 0 Å². The fraction of sp³-hybridized carbons (Fsp3) is 0.588. The number of hydrogen-bond donors (Lipinski definition) is 0. The molecule has 0 bridgehead atoms. The van der Waals surface area contributed by atoms with Crippen LogP contribution in [0.3, 0.4) is 0 Å². The van der Waals surface area contributed by atoms with Gasteiger partial charge in [-0.15, -0.1) is 0 Å². The first-order chi connectivity index (χ1) is 11.0. The van der Waals surface area contributed by atoms with Crippen molar-refractivity contribution < 1.29 is 9.72 Å². The molecule has 0 unspecified atom stereocenters. The first-order valence-corrected chi connectivity index (χ1v) is 8.31. The molecule has 1 heterocycles. The Morgan fingerprint density at radius 2 is 2.04 bits per heavy atom. The summed E-state index contributed by atoms with van der Waals surface area (Å²) in [6.45, 7) is 6.32. The molecule has 2 aliphatic rings. The zero-order valence-corrected chi connectivity index (χ0v) is 13.5. The third-order valence-electron chi connectivity index (χ3n) is 4.73. The lowest BCUT2D eigenvalue weighted by Crippen LogP contribution is -2.35. The van der Waals surface area contributed by atoms with Crippen LogP contribution in [0.4, 0.5) is 5.69 Å². The number of benzene rings is 1. The topological polar surface area (TPSA) is 66.7 Å². The highest BCUT2D eigenvalue weighted by atomic mass is 16.6. The van der Waals surface area contributed by atoms with Gasteiger partial charge in [0.25, 0.3) is 11.6 Å². The van der Waals surface area contributed by atoms with E-state index in [-0.39, 0.29) is 11.6 Å². The number of rotatable bonds is 4. The number of carbonyl (C=O) groups is 1. The highest BCUT2D eigenvalue weighted by Gasteiger charge is 2.27. The molecule has 3 rings (SSSR count). The van der Waals surface area contributed by atoms with Crippen LogP contribution < -0.4 is 0 Å². The minimum absolute atomic E-state index is 0.0173. The summed E-state index contributed by atoms with van der Waals surface area (Å²) in [4.78, 5) is 27.5. The van der Waals surface area contributed by atoms with Crippen LogP contribution >= 0.6 is 0 Å². The maximum absolute atomic E-state index is 12.7. The van der Waals surface area contributed by atoms with Crippen LogP contribution in [0, 0.1) is 23.0 Å². The van der Waals surface area contributed by atoms with Gasteiger partial charge >= 0.3 is 0 Å². The fourth-order valence-electron chi connectivity index (χ4n) is 3.20. The van der Waals surface area contributed by atoms with E-state index in [0.29, 0.717) is 11.1 Å². The molecule has 1 amide bonds. The van der Waals surface area contributed by atoms with E-state index in [9.17, 15) is 14.9 Å². The molecular formula is C17H23N3O3. The van der Waals surface area contributed by atoms with Gasteiger partial charge in [0.2, 0.25) is 0 Å². The van der Waals surface area contributed by atoms with Crippen molar-refractivity contribution in [3.05, 3.63) is 39.4 Å². The predicted molar refractivity (Wildman–Crippen MR) is 87.5 cm³/mol. The first-order valence-electron chi connectivity index (χ1n) is 8.31. The van der Waals surface area contributed by atoms with Crippen LogP contribution in [0.1, 0.15) is 35.2 Å². The molecule has 1 aromatic rings. The second kappa shape index (κ2) is 6.66. The van der Waals surface area contributed by atoms with Crippen LogP contribution in [0.2, 0.25) is 0 Å². The van der Waals surface area contributed by atoms with Crippen molar-refractivity contribution in [2.45, 2.75) is 26.2 Å². The molecule has 124 valence electrons. The van der Waals surface area contributed by atoms with Crippen molar-refractivity contribution in [1.29, 1.82) is 0 Å². The number of carbonyl (C=O) groups excluding carboxylic acids is 1. The van der Waals surface area contributed by atoms with E-state index in [2.05, 4.69) is 4.90 Å². The molecule has 0 aromatic heterocycles. The Morgan fingerprint density at radius 3 is 2.70 bits per heavy atom. The highest BCUT2D eigenvalue weighted by Crippen LogP contribution is 2.30. The quantitative estimate of drug-likeness (QED) is 0.632. The van der Waals surface area contributed by atoms with Gasteiger partial charge in [0.15, 0.2) is 0 Å². The van der Waals surface area contributed by atoms with Gasteiger partial charge in [-0.25, -0.2) is 0 Å². The maximum atomic E-state index is 12.7. The van der Waals surface area contributed by atoms with Crippen LogP contribution in [-0.2, 0) is 0 Å². The minimum atomic E-state index is -0.411. The maximum Gasteiger partial charge on any atom is 0.272 e. The van der Waals surface area contributed by atoms with Crippen LogP contribution in [0.15, 0.2) is 18.2 Å². The molecule has 1 aliphatic carbocycles. The molecule has 23 heavy (non-hydrogen) atoms. The number of aryl methyl sites for hydroxylation is 1. The van der Waals surface area contributed by atoms with Gasteiger partial charge in [-0.1, -0.05) is 0 Å². The van der Waals surface area contributed by atoms with Gasteiger partial charge in [-0.3, -0.25) is 14.9 Å². The molecule has 1 aliphatic heterocycles. The summed E-state index contributed by atoms with van der Waals surface area (Å²) in [5, 5.41) is 10.9. The van der Waals surface area contributed by atoms with E-state index in [1.807, 2.05) is 4.90 Å². The predicted octanol–water partition coefficient (Wildman–Crippen LogP) is 2.46. The SMILES string of the molecule is Cc1cc(C(=O)N2CCCN(CC3CC3)CC2)ccc1[N+](=O)[O-]. The Labute approximate surface area is 136 Å². The normalized spacial score (nSPS) is 19.4. The number of nitro benzene ring substituents is 1. The Hall–Kier alpha value is -1.95. The minimum Gasteiger partial charge on any atom is -0.337 e. The average molecular weight is 317 g/mol. The number of nitro groups is 1. The Morgan fingerprint density at radius 1 is 1.26 bits per heavy atom. The largest absolute Gasteiger partial charge is 0.337 e. The summed E-state index contributed by atoms with van der Waals surface area (Å²) in [6, 6.07) is 4.63. The number of amides is 1. The van der Waals surface area contributed by atoms with Crippen molar-refractivity contribution in [1.82, 2.24) is 9.80 Å². The van der Waals surface area contributed by atoms with E-state index in [1.54, 1.807) is 19.1 Å². The third kappa shape index (κ3) is 3.88. The zero-order chi connectivity index (χ0) is 16.4. The highest BCUT2D eigenvalue weighted by molar-refractivity contribution is 5.94. The third-order valence-corrected chi connectivity index (χ3v) is 4.73. The van der Waals surface area contributed by atoms with Crippen molar-refractivity contribution in [3.8, 4) is 0 Å². The van der Waals surface area contributed by atoms with E-state index in [4.69, 9.17) is 0 Å². The second-order valence-electron chi connectivity index (χ2n) is 6.65. The number of nitrogens with zero attached hydrogens (tertiary/aromatic N) is 3. The molecule has 0 radical (unpaired) electrons. The van der Waals surface area contributed by atoms with E-state index in [1.165, 1.54) is 25.5 Å². The van der Waals surface area contributed by atoms with Gasteiger partial charge in [0.05, 0.1) is 4.92 Å². The van der Waals surface area contributed by atoms with Gasteiger partial charge in [-0.2, -0.15) is 0 Å². The van der Waals surface area contributed by atoms with Gasteiger partial charge in [0.1, 0.15) is 0 Å². The average Bonchev–Trinajstić information content (AvgIpc) is 3.34. The summed E-state index contributed by atoms with van der Waals surface area (Å²) in [6.07, 6.45) is 3.69. The Kier molecular flexibility index (Phi) is 4.61. The van der Waals surface area contributed by atoms with Crippen LogP contribution in [0.5, 0.6) is 0 Å². The molecule has 0 spiro atoms. The molecule has 6 heteroatoms. The van der Waals surface area contributed by atoms with Crippen molar-refractivity contribution >= 4 is 11.6 Å². The molecular weight excluding hydrogens is 294 g/mol. The lowest BCUT2D eigenvalue weighted by atomic mass is 10.1. The summed E-state index contributed by atoms with van der Waals surface area (Å²) >= 11 is 0.